The highest BCUT2D eigenvalue weighted by Crippen LogP contribution is 2.29. The summed E-state index contributed by atoms with van der Waals surface area (Å²) in [4.78, 5) is 15.7. The van der Waals surface area contributed by atoms with E-state index < -0.39 is 0 Å². The molecular weight excluding hydrogens is 204 g/mol. The zero-order valence-electron chi connectivity index (χ0n) is 9.80. The van der Waals surface area contributed by atoms with Gasteiger partial charge in [0, 0.05) is 6.54 Å². The molecule has 4 nitrogen and oxygen atoms in total. The smallest absolute Gasteiger partial charge is 0.343 e. The fourth-order valence-corrected chi connectivity index (χ4v) is 1.95. The highest BCUT2D eigenvalue weighted by molar-refractivity contribution is 5.97. The first-order chi connectivity index (χ1) is 7.65. The van der Waals surface area contributed by atoms with Crippen LogP contribution in [-0.4, -0.2) is 37.9 Å². The number of hydrogen-bond acceptors (Lipinski definition) is 4. The number of cyclic esters (lactones) is 1. The van der Waals surface area contributed by atoms with Gasteiger partial charge in [0.05, 0.1) is 11.3 Å². The Labute approximate surface area is 95.4 Å². The zero-order valence-corrected chi connectivity index (χ0v) is 9.80. The number of fused-ring (bicyclic) bond motifs is 1. The predicted molar refractivity (Wildman–Crippen MR) is 62.4 cm³/mol. The lowest BCUT2D eigenvalue weighted by Crippen LogP contribution is -2.51. The van der Waals surface area contributed by atoms with E-state index in [1.165, 1.54) is 0 Å². The molecule has 0 unspecified atom stereocenters. The highest BCUT2D eigenvalue weighted by Gasteiger charge is 2.32. The molecule has 0 N–H and O–H groups in total. The van der Waals surface area contributed by atoms with Crippen molar-refractivity contribution in [2.45, 2.75) is 13.3 Å². The molecule has 0 aromatic heterocycles. The van der Waals surface area contributed by atoms with Crippen LogP contribution < -0.4 is 4.90 Å². The summed E-state index contributed by atoms with van der Waals surface area (Å²) in [5, 5.41) is 0. The second-order valence-corrected chi connectivity index (χ2v) is 4.00. The maximum Gasteiger partial charge on any atom is 0.343 e. The molecule has 1 aromatic carbocycles. The number of carbonyl (C=O) groups is 1. The number of hydrogen-bond donors (Lipinski definition) is 0. The average Bonchev–Trinajstić information content (AvgIpc) is 2.29. The van der Waals surface area contributed by atoms with Gasteiger partial charge in [0.2, 0.25) is 6.35 Å². The molecule has 2 rings (SSSR count). The van der Waals surface area contributed by atoms with Crippen LogP contribution in [0, 0.1) is 0 Å². The van der Waals surface area contributed by atoms with Crippen LogP contribution in [0.15, 0.2) is 24.3 Å². The molecule has 0 spiro atoms. The molecule has 0 fully saturated rings. The van der Waals surface area contributed by atoms with E-state index in [1.54, 1.807) is 6.07 Å². The minimum Gasteiger partial charge on any atom is -0.424 e. The second-order valence-electron chi connectivity index (χ2n) is 4.00. The number of ether oxygens (including phenoxy) is 1. The molecule has 0 bridgehead atoms. The molecule has 0 aliphatic carbocycles. The van der Waals surface area contributed by atoms with Gasteiger partial charge < -0.3 is 9.64 Å². The lowest BCUT2D eigenvalue weighted by molar-refractivity contribution is -0.0196. The molecule has 86 valence electrons. The van der Waals surface area contributed by atoms with Crippen molar-refractivity contribution in [2.75, 3.05) is 25.5 Å². The summed E-state index contributed by atoms with van der Waals surface area (Å²) in [6.45, 7) is 2.85. The van der Waals surface area contributed by atoms with Gasteiger partial charge in [-0.2, -0.15) is 0 Å². The van der Waals surface area contributed by atoms with Gasteiger partial charge in [0.15, 0.2) is 0 Å². The van der Waals surface area contributed by atoms with Crippen LogP contribution in [0.5, 0.6) is 0 Å². The molecule has 1 heterocycles. The van der Waals surface area contributed by atoms with Gasteiger partial charge in [0.1, 0.15) is 0 Å². The summed E-state index contributed by atoms with van der Waals surface area (Å²) >= 11 is 0. The lowest BCUT2D eigenvalue weighted by Gasteiger charge is -2.39. The van der Waals surface area contributed by atoms with E-state index in [1.807, 2.05) is 44.1 Å². The summed E-state index contributed by atoms with van der Waals surface area (Å²) in [5.41, 5.74) is 1.59. The third kappa shape index (κ3) is 1.65. The van der Waals surface area contributed by atoms with Crippen molar-refractivity contribution in [1.82, 2.24) is 4.90 Å². The van der Waals surface area contributed by atoms with E-state index in [2.05, 4.69) is 4.90 Å². The Bertz CT molecular complexity index is 404. The molecule has 1 aliphatic rings. The van der Waals surface area contributed by atoms with Crippen LogP contribution in [0.25, 0.3) is 0 Å². The van der Waals surface area contributed by atoms with E-state index in [0.29, 0.717) is 5.56 Å². The van der Waals surface area contributed by atoms with Crippen molar-refractivity contribution in [3.63, 3.8) is 0 Å². The topological polar surface area (TPSA) is 32.8 Å². The second kappa shape index (κ2) is 4.14. The number of benzene rings is 1. The molecule has 0 saturated heterocycles. The summed E-state index contributed by atoms with van der Waals surface area (Å²) in [7, 11) is 3.79. The highest BCUT2D eigenvalue weighted by atomic mass is 16.6. The first-order valence-corrected chi connectivity index (χ1v) is 5.38. The van der Waals surface area contributed by atoms with Crippen LogP contribution in [0.4, 0.5) is 5.69 Å². The van der Waals surface area contributed by atoms with Crippen LogP contribution in [-0.2, 0) is 4.74 Å². The summed E-state index contributed by atoms with van der Waals surface area (Å²) in [6.07, 6.45) is -0.313. The summed E-state index contributed by atoms with van der Waals surface area (Å²) in [6, 6.07) is 7.54. The quantitative estimate of drug-likeness (QED) is 0.708. The monoisotopic (exact) mass is 220 g/mol. The van der Waals surface area contributed by atoms with E-state index in [0.717, 1.165) is 12.2 Å². The number of anilines is 1. The lowest BCUT2D eigenvalue weighted by atomic mass is 10.1. The zero-order chi connectivity index (χ0) is 11.7. The molecule has 0 radical (unpaired) electrons. The van der Waals surface area contributed by atoms with Crippen LogP contribution in [0.3, 0.4) is 0 Å². The first-order valence-electron chi connectivity index (χ1n) is 5.38. The van der Waals surface area contributed by atoms with Gasteiger partial charge >= 0.3 is 5.97 Å². The molecule has 1 aliphatic heterocycles. The standard InChI is InChI=1S/C12H16N2O2/c1-4-14-10-8-6-5-7-9(10)11(15)16-12(14)13(2)3/h5-8,12H,4H2,1-3H3/t12-/m0/s1. The molecule has 4 heteroatoms. The SMILES string of the molecule is CCN1c2ccccc2C(=O)O[C@H]1N(C)C. The minimum absolute atomic E-state index is 0.251. The normalized spacial score (nSPS) is 19.6. The van der Waals surface area contributed by atoms with E-state index >= 15 is 0 Å². The first kappa shape index (κ1) is 11.0. The average molecular weight is 220 g/mol. The van der Waals surface area contributed by atoms with E-state index in [4.69, 9.17) is 4.74 Å². The Morgan fingerprint density at radius 3 is 2.69 bits per heavy atom. The molecular formula is C12H16N2O2. The van der Waals surface area contributed by atoms with Crippen molar-refractivity contribution in [2.24, 2.45) is 0 Å². The minimum atomic E-state index is -0.313. The van der Waals surface area contributed by atoms with Gasteiger partial charge in [-0.1, -0.05) is 12.1 Å². The maximum absolute atomic E-state index is 11.8. The van der Waals surface area contributed by atoms with E-state index in [9.17, 15) is 4.79 Å². The van der Waals surface area contributed by atoms with Gasteiger partial charge in [-0.15, -0.1) is 0 Å². The third-order valence-electron chi connectivity index (χ3n) is 2.69. The summed E-state index contributed by atoms with van der Waals surface area (Å²) in [5.74, 6) is -0.251. The van der Waals surface area contributed by atoms with Gasteiger partial charge in [-0.3, -0.25) is 4.90 Å². The van der Waals surface area contributed by atoms with Crippen molar-refractivity contribution >= 4 is 11.7 Å². The summed E-state index contributed by atoms with van der Waals surface area (Å²) < 4.78 is 5.39. The number of rotatable bonds is 2. The predicted octanol–water partition coefficient (Wildman–Crippen LogP) is 1.53. The Morgan fingerprint density at radius 2 is 2.06 bits per heavy atom. The van der Waals surface area contributed by atoms with Crippen LogP contribution in [0.1, 0.15) is 17.3 Å². The van der Waals surface area contributed by atoms with Crippen molar-refractivity contribution in [3.8, 4) is 0 Å². The van der Waals surface area contributed by atoms with Crippen LogP contribution in [0.2, 0.25) is 0 Å². The molecule has 0 saturated carbocycles. The Kier molecular flexibility index (Phi) is 2.83. The third-order valence-corrected chi connectivity index (χ3v) is 2.69. The number of nitrogens with zero attached hydrogens (tertiary/aromatic N) is 2. The van der Waals surface area contributed by atoms with Crippen molar-refractivity contribution < 1.29 is 9.53 Å². The van der Waals surface area contributed by atoms with Crippen LogP contribution >= 0.6 is 0 Å². The molecule has 0 amide bonds. The van der Waals surface area contributed by atoms with Crippen molar-refractivity contribution in [3.05, 3.63) is 29.8 Å². The number of carbonyl (C=O) groups excluding carboxylic acids is 1. The largest absolute Gasteiger partial charge is 0.424 e. The van der Waals surface area contributed by atoms with Gasteiger partial charge in [-0.05, 0) is 33.2 Å². The Balaban J connectivity index is 2.46. The Hall–Kier alpha value is -1.55. The number of esters is 1. The number of para-hydroxylation sites is 1. The fraction of sp³-hybridized carbons (Fsp3) is 0.417. The molecule has 16 heavy (non-hydrogen) atoms. The van der Waals surface area contributed by atoms with Gasteiger partial charge in [0.25, 0.3) is 0 Å². The van der Waals surface area contributed by atoms with E-state index in [-0.39, 0.29) is 12.3 Å². The van der Waals surface area contributed by atoms with Crippen molar-refractivity contribution in [1.29, 1.82) is 0 Å². The van der Waals surface area contributed by atoms with Gasteiger partial charge in [-0.25, -0.2) is 4.79 Å². The fourth-order valence-electron chi connectivity index (χ4n) is 1.95. The maximum atomic E-state index is 11.8. The molecule has 1 aromatic rings. The Morgan fingerprint density at radius 1 is 1.38 bits per heavy atom. The molecule has 1 atom stereocenters.